The van der Waals surface area contributed by atoms with Crippen molar-refractivity contribution in [1.82, 2.24) is 0 Å². The number of carbonyl (C=O) groups excluding carboxylic acids is 1. The molecule has 1 amide bonds. The third kappa shape index (κ3) is 1.62. The van der Waals surface area contributed by atoms with Crippen LogP contribution in [-0.2, 0) is 10.4 Å². The molecular formula is C11H10F3NO3. The molecule has 2 rings (SSSR count). The van der Waals surface area contributed by atoms with E-state index in [9.17, 15) is 23.1 Å². The van der Waals surface area contributed by atoms with E-state index in [1.807, 2.05) is 5.32 Å². The molecule has 7 heteroatoms. The lowest BCUT2D eigenvalue weighted by molar-refractivity contribution is -0.252. The van der Waals surface area contributed by atoms with Gasteiger partial charge in [0.15, 0.2) is 0 Å². The van der Waals surface area contributed by atoms with Gasteiger partial charge >= 0.3 is 6.18 Å². The number of nitrogens with one attached hydrogen (secondary N) is 1. The van der Waals surface area contributed by atoms with E-state index in [-0.39, 0.29) is 5.69 Å². The number of ether oxygens (including phenoxy) is 1. The molecule has 1 heterocycles. The number of benzene rings is 1. The number of fused-ring (bicyclic) bond motifs is 1. The normalized spacial score (nSPS) is 22.6. The number of amides is 1. The van der Waals surface area contributed by atoms with E-state index in [1.165, 1.54) is 12.1 Å². The van der Waals surface area contributed by atoms with Crippen LogP contribution in [0.4, 0.5) is 18.9 Å². The zero-order valence-electron chi connectivity index (χ0n) is 9.34. The maximum absolute atomic E-state index is 12.8. The molecule has 1 atom stereocenters. The zero-order chi connectivity index (χ0) is 13.6. The SMILES string of the molecule is CCOc1ccc2c(c1)NC(=O)[C@]2(O)C(F)(F)F. The van der Waals surface area contributed by atoms with Crippen LogP contribution < -0.4 is 10.1 Å². The Bertz CT molecular complexity index is 501. The van der Waals surface area contributed by atoms with Gasteiger partial charge in [-0.2, -0.15) is 13.2 Å². The fourth-order valence-electron chi connectivity index (χ4n) is 1.82. The predicted octanol–water partition coefficient (Wildman–Crippen LogP) is 1.79. The summed E-state index contributed by atoms with van der Waals surface area (Å²) in [6, 6.07) is 3.56. The van der Waals surface area contributed by atoms with Gasteiger partial charge in [0.2, 0.25) is 0 Å². The molecule has 2 N–H and O–H groups in total. The minimum atomic E-state index is -5.07. The first-order valence-corrected chi connectivity index (χ1v) is 5.18. The highest BCUT2D eigenvalue weighted by Gasteiger charge is 2.64. The molecular weight excluding hydrogens is 251 g/mol. The van der Waals surface area contributed by atoms with Gasteiger partial charge < -0.3 is 15.2 Å². The molecule has 0 saturated carbocycles. The number of aliphatic hydroxyl groups is 1. The first-order valence-electron chi connectivity index (χ1n) is 5.18. The van der Waals surface area contributed by atoms with Gasteiger partial charge in [-0.25, -0.2) is 0 Å². The Morgan fingerprint density at radius 2 is 2.11 bits per heavy atom. The van der Waals surface area contributed by atoms with Gasteiger partial charge in [-0.15, -0.1) is 0 Å². The fourth-order valence-corrected chi connectivity index (χ4v) is 1.82. The lowest BCUT2D eigenvalue weighted by Crippen LogP contribution is -2.47. The molecule has 98 valence electrons. The average molecular weight is 261 g/mol. The molecule has 18 heavy (non-hydrogen) atoms. The second kappa shape index (κ2) is 3.88. The Balaban J connectivity index is 2.51. The number of carbonyl (C=O) groups is 1. The summed E-state index contributed by atoms with van der Waals surface area (Å²) in [6.07, 6.45) is -5.07. The Morgan fingerprint density at radius 3 is 2.67 bits per heavy atom. The molecule has 0 fully saturated rings. The van der Waals surface area contributed by atoms with E-state index in [0.29, 0.717) is 12.4 Å². The standard InChI is InChI=1S/C11H10F3NO3/c1-2-18-6-3-4-7-8(5-6)15-9(16)10(7,17)11(12,13)14/h3-5,17H,2H2,1H3,(H,15,16)/t10-/m0/s1. The minimum Gasteiger partial charge on any atom is -0.494 e. The molecule has 0 radical (unpaired) electrons. The summed E-state index contributed by atoms with van der Waals surface area (Å²) in [6.45, 7) is 2.06. The first-order chi connectivity index (χ1) is 8.30. The third-order valence-corrected chi connectivity index (χ3v) is 2.68. The topological polar surface area (TPSA) is 58.6 Å². The molecule has 0 bridgehead atoms. The van der Waals surface area contributed by atoms with E-state index in [2.05, 4.69) is 0 Å². The van der Waals surface area contributed by atoms with E-state index in [1.54, 1.807) is 6.92 Å². The second-order valence-corrected chi connectivity index (χ2v) is 3.80. The number of hydrogen-bond acceptors (Lipinski definition) is 3. The molecule has 0 unspecified atom stereocenters. The van der Waals surface area contributed by atoms with E-state index in [0.717, 1.165) is 6.07 Å². The van der Waals surface area contributed by atoms with Crippen LogP contribution in [0.5, 0.6) is 5.75 Å². The predicted molar refractivity (Wildman–Crippen MR) is 56.2 cm³/mol. The fraction of sp³-hybridized carbons (Fsp3) is 0.364. The molecule has 0 saturated heterocycles. The van der Waals surface area contributed by atoms with Crippen LogP contribution in [0.25, 0.3) is 0 Å². The van der Waals surface area contributed by atoms with Crippen LogP contribution in [0.1, 0.15) is 12.5 Å². The minimum absolute atomic E-state index is 0.0919. The summed E-state index contributed by atoms with van der Waals surface area (Å²) in [4.78, 5) is 11.3. The lowest BCUT2D eigenvalue weighted by atomic mass is 9.95. The van der Waals surface area contributed by atoms with Crippen molar-refractivity contribution in [2.24, 2.45) is 0 Å². The Labute approximate surface area is 100 Å². The molecule has 0 spiro atoms. The summed E-state index contributed by atoms with van der Waals surface area (Å²) in [5.41, 5.74) is -4.10. The Hall–Kier alpha value is -1.76. The first kappa shape index (κ1) is 12.7. The summed E-state index contributed by atoms with van der Waals surface area (Å²) < 4.78 is 43.4. The van der Waals surface area contributed by atoms with Crippen molar-refractivity contribution in [3.63, 3.8) is 0 Å². The van der Waals surface area contributed by atoms with Crippen LogP contribution in [0.15, 0.2) is 18.2 Å². The van der Waals surface area contributed by atoms with Crippen molar-refractivity contribution in [3.8, 4) is 5.75 Å². The van der Waals surface area contributed by atoms with Crippen molar-refractivity contribution in [3.05, 3.63) is 23.8 Å². The van der Waals surface area contributed by atoms with Gasteiger partial charge in [0.05, 0.1) is 12.3 Å². The van der Waals surface area contributed by atoms with Gasteiger partial charge in [-0.1, -0.05) is 0 Å². The van der Waals surface area contributed by atoms with Crippen molar-refractivity contribution in [1.29, 1.82) is 0 Å². The summed E-state index contributed by atoms with van der Waals surface area (Å²) in [5.74, 6) is -1.18. The maximum atomic E-state index is 12.8. The van der Waals surface area contributed by atoms with Gasteiger partial charge in [0.1, 0.15) is 5.75 Å². The largest absolute Gasteiger partial charge is 0.494 e. The van der Waals surface area contributed by atoms with E-state index >= 15 is 0 Å². The molecule has 4 nitrogen and oxygen atoms in total. The van der Waals surface area contributed by atoms with Crippen LogP contribution in [0.3, 0.4) is 0 Å². The zero-order valence-corrected chi connectivity index (χ0v) is 9.34. The molecule has 1 aliphatic rings. The number of halogens is 3. The number of hydrogen-bond donors (Lipinski definition) is 2. The quantitative estimate of drug-likeness (QED) is 0.853. The smallest absolute Gasteiger partial charge is 0.430 e. The summed E-state index contributed by atoms with van der Waals surface area (Å²) in [7, 11) is 0. The van der Waals surface area contributed by atoms with Gasteiger partial charge in [-0.05, 0) is 19.1 Å². The molecule has 1 aromatic carbocycles. The molecule has 0 aromatic heterocycles. The van der Waals surface area contributed by atoms with Crippen molar-refractivity contribution < 1.29 is 27.8 Å². The molecule has 1 aromatic rings. The number of anilines is 1. The number of alkyl halides is 3. The average Bonchev–Trinajstić information content (AvgIpc) is 2.52. The van der Waals surface area contributed by atoms with Gasteiger partial charge in [0.25, 0.3) is 11.5 Å². The van der Waals surface area contributed by atoms with E-state index in [4.69, 9.17) is 4.74 Å². The summed E-state index contributed by atoms with van der Waals surface area (Å²) in [5, 5.41) is 11.6. The maximum Gasteiger partial charge on any atom is 0.430 e. The summed E-state index contributed by atoms with van der Waals surface area (Å²) >= 11 is 0. The van der Waals surface area contributed by atoms with Gasteiger partial charge in [0, 0.05) is 11.6 Å². The van der Waals surface area contributed by atoms with E-state index < -0.39 is 23.2 Å². The number of rotatable bonds is 2. The van der Waals surface area contributed by atoms with Crippen LogP contribution in [-0.4, -0.2) is 23.8 Å². The van der Waals surface area contributed by atoms with Crippen molar-refractivity contribution >= 4 is 11.6 Å². The molecule has 1 aliphatic heterocycles. The van der Waals surface area contributed by atoms with Crippen LogP contribution >= 0.6 is 0 Å². The van der Waals surface area contributed by atoms with Crippen molar-refractivity contribution in [2.75, 3.05) is 11.9 Å². The lowest BCUT2D eigenvalue weighted by Gasteiger charge is -2.23. The highest BCUT2D eigenvalue weighted by atomic mass is 19.4. The van der Waals surface area contributed by atoms with Crippen LogP contribution in [0.2, 0.25) is 0 Å². The monoisotopic (exact) mass is 261 g/mol. The Kier molecular flexibility index (Phi) is 2.73. The third-order valence-electron chi connectivity index (χ3n) is 2.68. The van der Waals surface area contributed by atoms with Crippen LogP contribution in [0, 0.1) is 0 Å². The molecule has 0 aliphatic carbocycles. The second-order valence-electron chi connectivity index (χ2n) is 3.80. The highest BCUT2D eigenvalue weighted by Crippen LogP contribution is 2.47. The highest BCUT2D eigenvalue weighted by molar-refractivity contribution is 6.05. The van der Waals surface area contributed by atoms with Gasteiger partial charge in [-0.3, -0.25) is 4.79 Å². The Morgan fingerprint density at radius 1 is 1.44 bits per heavy atom. The van der Waals surface area contributed by atoms with Crippen molar-refractivity contribution in [2.45, 2.75) is 18.7 Å².